The van der Waals surface area contributed by atoms with Gasteiger partial charge >= 0.3 is 12.0 Å². The Kier molecular flexibility index (Phi) is 5.80. The third-order valence-corrected chi connectivity index (χ3v) is 4.17. The summed E-state index contributed by atoms with van der Waals surface area (Å²) in [4.78, 5) is 27.1. The van der Waals surface area contributed by atoms with Crippen molar-refractivity contribution in [3.63, 3.8) is 0 Å². The minimum Gasteiger partial charge on any atom is -0.480 e. The molecule has 1 atom stereocenters. The van der Waals surface area contributed by atoms with Crippen molar-refractivity contribution in [2.45, 2.75) is 51.6 Å². The molecule has 1 aliphatic heterocycles. The zero-order valence-electron chi connectivity index (χ0n) is 13.0. The van der Waals surface area contributed by atoms with Crippen LogP contribution < -0.4 is 5.32 Å². The molecule has 1 heterocycles. The summed E-state index contributed by atoms with van der Waals surface area (Å²) in [6.07, 6.45) is 3.46. The van der Waals surface area contributed by atoms with Gasteiger partial charge in [0.1, 0.15) is 5.54 Å². The molecule has 20 heavy (non-hydrogen) atoms. The first-order chi connectivity index (χ1) is 9.30. The first-order valence-electron chi connectivity index (χ1n) is 7.29. The van der Waals surface area contributed by atoms with Gasteiger partial charge in [0.15, 0.2) is 0 Å². The monoisotopic (exact) mass is 285 g/mol. The molecule has 0 aliphatic carbocycles. The number of nitrogens with one attached hydrogen (secondary N) is 1. The number of carboxylic acids is 1. The Morgan fingerprint density at radius 1 is 1.40 bits per heavy atom. The molecular weight excluding hydrogens is 258 g/mol. The SMILES string of the molecule is CCN(C(=O)NCC1CCCCN1C)C(C)(C)C(=O)O. The van der Waals surface area contributed by atoms with E-state index in [1.807, 2.05) is 0 Å². The molecule has 0 aromatic rings. The summed E-state index contributed by atoms with van der Waals surface area (Å²) in [5.74, 6) is -0.996. The second-order valence-corrected chi connectivity index (χ2v) is 5.92. The van der Waals surface area contributed by atoms with Crippen LogP contribution in [0.3, 0.4) is 0 Å². The number of hydrogen-bond donors (Lipinski definition) is 2. The van der Waals surface area contributed by atoms with Crippen LogP contribution in [0.1, 0.15) is 40.0 Å². The molecule has 0 saturated carbocycles. The van der Waals surface area contributed by atoms with Gasteiger partial charge < -0.3 is 20.2 Å². The fraction of sp³-hybridized carbons (Fsp3) is 0.857. The average Bonchev–Trinajstić information content (AvgIpc) is 2.38. The van der Waals surface area contributed by atoms with Crippen molar-refractivity contribution >= 4 is 12.0 Å². The largest absolute Gasteiger partial charge is 0.480 e. The minimum atomic E-state index is -1.20. The number of aliphatic carboxylic acids is 1. The third-order valence-electron chi connectivity index (χ3n) is 4.17. The van der Waals surface area contributed by atoms with Gasteiger partial charge in [0.25, 0.3) is 0 Å². The number of likely N-dealkylation sites (N-methyl/N-ethyl adjacent to an activating group) is 2. The topological polar surface area (TPSA) is 72.9 Å². The number of nitrogens with zero attached hydrogens (tertiary/aromatic N) is 2. The summed E-state index contributed by atoms with van der Waals surface area (Å²) in [7, 11) is 2.06. The Hall–Kier alpha value is -1.30. The standard InChI is InChI=1S/C14H27N3O3/c1-5-17(14(2,3)12(18)19)13(20)15-10-11-8-6-7-9-16(11)4/h11H,5-10H2,1-4H3,(H,15,20)(H,18,19). The van der Waals surface area contributed by atoms with Crippen LogP contribution >= 0.6 is 0 Å². The van der Waals surface area contributed by atoms with Crippen LogP contribution in [0.25, 0.3) is 0 Å². The molecule has 0 spiro atoms. The lowest BCUT2D eigenvalue weighted by Gasteiger charge is -2.36. The molecule has 6 heteroatoms. The van der Waals surface area contributed by atoms with E-state index in [0.29, 0.717) is 19.1 Å². The predicted molar refractivity (Wildman–Crippen MR) is 77.8 cm³/mol. The van der Waals surface area contributed by atoms with Gasteiger partial charge in [-0.2, -0.15) is 0 Å². The van der Waals surface area contributed by atoms with Gasteiger partial charge in [-0.05, 0) is 47.2 Å². The molecule has 0 radical (unpaired) electrons. The molecule has 1 aliphatic rings. The maximum atomic E-state index is 12.2. The second kappa shape index (κ2) is 6.92. The van der Waals surface area contributed by atoms with Crippen molar-refractivity contribution in [3.8, 4) is 0 Å². The molecular formula is C14H27N3O3. The lowest BCUT2D eigenvalue weighted by molar-refractivity contribution is -0.147. The number of urea groups is 1. The first-order valence-corrected chi connectivity index (χ1v) is 7.29. The van der Waals surface area contributed by atoms with Crippen LogP contribution in [0.2, 0.25) is 0 Å². The summed E-state index contributed by atoms with van der Waals surface area (Å²) < 4.78 is 0. The Morgan fingerprint density at radius 2 is 2.05 bits per heavy atom. The maximum Gasteiger partial charge on any atom is 0.329 e. The van der Waals surface area contributed by atoms with Crippen molar-refractivity contribution in [2.75, 3.05) is 26.7 Å². The van der Waals surface area contributed by atoms with Gasteiger partial charge in [-0.25, -0.2) is 9.59 Å². The van der Waals surface area contributed by atoms with E-state index in [9.17, 15) is 14.7 Å². The summed E-state index contributed by atoms with van der Waals surface area (Å²) in [6.45, 7) is 6.87. The van der Waals surface area contributed by atoms with E-state index in [1.165, 1.54) is 17.7 Å². The summed E-state index contributed by atoms with van der Waals surface area (Å²) >= 11 is 0. The number of piperidine rings is 1. The van der Waals surface area contributed by atoms with E-state index in [-0.39, 0.29) is 6.03 Å². The summed E-state index contributed by atoms with van der Waals surface area (Å²) in [5.41, 5.74) is -1.20. The highest BCUT2D eigenvalue weighted by atomic mass is 16.4. The van der Waals surface area contributed by atoms with E-state index < -0.39 is 11.5 Å². The Labute approximate surface area is 121 Å². The zero-order chi connectivity index (χ0) is 15.3. The maximum absolute atomic E-state index is 12.2. The first kappa shape index (κ1) is 16.8. The van der Waals surface area contributed by atoms with Gasteiger partial charge in [0.05, 0.1) is 0 Å². The fourth-order valence-electron chi connectivity index (χ4n) is 2.61. The minimum absolute atomic E-state index is 0.307. The van der Waals surface area contributed by atoms with Crippen LogP contribution in [0.4, 0.5) is 4.79 Å². The number of carboxylic acid groups (broad SMARTS) is 1. The van der Waals surface area contributed by atoms with Crippen LogP contribution in [0.15, 0.2) is 0 Å². The van der Waals surface area contributed by atoms with Crippen LogP contribution in [-0.2, 0) is 4.79 Å². The molecule has 1 saturated heterocycles. The highest BCUT2D eigenvalue weighted by Crippen LogP contribution is 2.16. The van der Waals surface area contributed by atoms with Crippen molar-refractivity contribution in [2.24, 2.45) is 0 Å². The van der Waals surface area contributed by atoms with E-state index >= 15 is 0 Å². The van der Waals surface area contributed by atoms with Gasteiger partial charge in [-0.15, -0.1) is 0 Å². The molecule has 1 fully saturated rings. The fourth-order valence-corrected chi connectivity index (χ4v) is 2.61. The molecule has 0 aromatic heterocycles. The van der Waals surface area contributed by atoms with Crippen LogP contribution in [-0.4, -0.2) is 65.2 Å². The van der Waals surface area contributed by atoms with Gasteiger partial charge in [0, 0.05) is 19.1 Å². The van der Waals surface area contributed by atoms with E-state index in [0.717, 1.165) is 13.0 Å². The molecule has 0 aromatic carbocycles. The molecule has 116 valence electrons. The third kappa shape index (κ3) is 3.85. The number of carbonyl (C=O) groups excluding carboxylic acids is 1. The van der Waals surface area contributed by atoms with Crippen molar-refractivity contribution in [3.05, 3.63) is 0 Å². The smallest absolute Gasteiger partial charge is 0.329 e. The Balaban J connectivity index is 2.57. The normalized spacial score (nSPS) is 20.5. The van der Waals surface area contributed by atoms with E-state index in [4.69, 9.17) is 0 Å². The van der Waals surface area contributed by atoms with Crippen LogP contribution in [0.5, 0.6) is 0 Å². The number of carbonyl (C=O) groups is 2. The quantitative estimate of drug-likeness (QED) is 0.800. The van der Waals surface area contributed by atoms with Gasteiger partial charge in [-0.3, -0.25) is 0 Å². The number of likely N-dealkylation sites (tertiary alicyclic amines) is 1. The molecule has 6 nitrogen and oxygen atoms in total. The number of amides is 2. The average molecular weight is 285 g/mol. The molecule has 2 N–H and O–H groups in total. The summed E-state index contributed by atoms with van der Waals surface area (Å²) in [5, 5.41) is 12.1. The highest BCUT2D eigenvalue weighted by Gasteiger charge is 2.37. The van der Waals surface area contributed by atoms with E-state index in [2.05, 4.69) is 17.3 Å². The number of hydrogen-bond acceptors (Lipinski definition) is 3. The molecule has 0 bridgehead atoms. The Morgan fingerprint density at radius 3 is 2.55 bits per heavy atom. The van der Waals surface area contributed by atoms with Gasteiger partial charge in [0.2, 0.25) is 0 Å². The van der Waals surface area contributed by atoms with Crippen LogP contribution in [0, 0.1) is 0 Å². The summed E-state index contributed by atoms with van der Waals surface area (Å²) in [6, 6.07) is 0.0400. The van der Waals surface area contributed by atoms with Crippen molar-refractivity contribution in [1.82, 2.24) is 15.1 Å². The van der Waals surface area contributed by atoms with E-state index in [1.54, 1.807) is 20.8 Å². The molecule has 1 unspecified atom stereocenters. The van der Waals surface area contributed by atoms with Crippen molar-refractivity contribution in [1.29, 1.82) is 0 Å². The Bertz CT molecular complexity index is 358. The molecule has 1 rings (SSSR count). The highest BCUT2D eigenvalue weighted by molar-refractivity contribution is 5.85. The van der Waals surface area contributed by atoms with Crippen molar-refractivity contribution < 1.29 is 14.7 Å². The second-order valence-electron chi connectivity index (χ2n) is 5.92. The lowest BCUT2D eigenvalue weighted by atomic mass is 10.0. The predicted octanol–water partition coefficient (Wildman–Crippen LogP) is 1.37. The lowest BCUT2D eigenvalue weighted by Crippen LogP contribution is -2.57. The number of rotatable bonds is 5. The molecule has 2 amide bonds. The zero-order valence-corrected chi connectivity index (χ0v) is 13.0. The van der Waals surface area contributed by atoms with Gasteiger partial charge in [-0.1, -0.05) is 6.42 Å².